The Kier molecular flexibility index (Phi) is 10.7. The topological polar surface area (TPSA) is 0 Å². The summed E-state index contributed by atoms with van der Waals surface area (Å²) in [5.74, 6) is 1.23. The first kappa shape index (κ1) is 22.1. The Morgan fingerprint density at radius 2 is 1.00 bits per heavy atom. The smallest absolute Gasteiger partial charge is 0.0628 e. The summed E-state index contributed by atoms with van der Waals surface area (Å²) in [5, 5.41) is 0. The molecule has 0 unspecified atom stereocenters. The molecule has 0 amide bonds. The molecule has 0 aliphatic carbocycles. The summed E-state index contributed by atoms with van der Waals surface area (Å²) in [6.45, 7) is 4.68. The van der Waals surface area contributed by atoms with E-state index in [1.807, 2.05) is 0 Å². The van der Waals surface area contributed by atoms with Crippen LogP contribution in [-0.4, -0.2) is 5.75 Å². The van der Waals surface area contributed by atoms with Gasteiger partial charge in [-0.05, 0) is 30.2 Å². The molecule has 0 spiro atoms. The highest BCUT2D eigenvalue weighted by molar-refractivity contribution is 8.00. The van der Waals surface area contributed by atoms with Crippen LogP contribution < -0.4 is 0 Å². The third kappa shape index (κ3) is 7.74. The van der Waals surface area contributed by atoms with Crippen molar-refractivity contribution in [2.24, 2.45) is 0 Å². The van der Waals surface area contributed by atoms with Gasteiger partial charge in [0.2, 0.25) is 0 Å². The Bertz CT molecular complexity index is 551. The van der Waals surface area contributed by atoms with E-state index < -0.39 is 0 Å². The largest absolute Gasteiger partial charge is 0.146 e. The number of hydrogen-bond acceptors (Lipinski definition) is 1. The van der Waals surface area contributed by atoms with Crippen LogP contribution in [0.2, 0.25) is 0 Å². The number of thioether (sulfide) groups is 1. The van der Waals surface area contributed by atoms with Gasteiger partial charge < -0.3 is 0 Å². The normalized spacial score (nSPS) is 11.6. The molecule has 2 aromatic carbocycles. The molecule has 0 bridgehead atoms. The van der Waals surface area contributed by atoms with E-state index in [0.717, 1.165) is 0 Å². The molecule has 0 aromatic heterocycles. The average Bonchev–Trinajstić information content (AvgIpc) is 2.73. The summed E-state index contributed by atoms with van der Waals surface area (Å²) in [6, 6.07) is 22.0. The van der Waals surface area contributed by atoms with Crippen molar-refractivity contribution in [3.63, 3.8) is 0 Å². The number of benzene rings is 2. The lowest BCUT2D eigenvalue weighted by Crippen LogP contribution is -2.19. The maximum atomic E-state index is 2.39. The van der Waals surface area contributed by atoms with Crippen molar-refractivity contribution in [2.75, 3.05) is 5.75 Å². The Hall–Kier alpha value is -1.21. The minimum atomic E-state index is 0.0435. The maximum Gasteiger partial charge on any atom is 0.0628 e. The monoisotopic (exact) mass is 382 g/mol. The lowest BCUT2D eigenvalue weighted by atomic mass is 9.92. The summed E-state index contributed by atoms with van der Waals surface area (Å²) in [7, 11) is 0. The molecule has 0 saturated carbocycles. The third-order valence-corrected chi connectivity index (χ3v) is 7.08. The predicted molar refractivity (Wildman–Crippen MR) is 124 cm³/mol. The van der Waals surface area contributed by atoms with Crippen molar-refractivity contribution in [1.82, 2.24) is 0 Å². The molecule has 0 nitrogen and oxygen atoms in total. The summed E-state index contributed by atoms with van der Waals surface area (Å²) in [6.07, 6.45) is 14.0. The fourth-order valence-corrected chi connectivity index (χ4v) is 5.07. The van der Waals surface area contributed by atoms with Gasteiger partial charge >= 0.3 is 0 Å². The lowest BCUT2D eigenvalue weighted by Gasteiger charge is -2.30. The quantitative estimate of drug-likeness (QED) is 0.295. The van der Waals surface area contributed by atoms with Gasteiger partial charge in [0.25, 0.3) is 0 Å². The van der Waals surface area contributed by atoms with E-state index in [2.05, 4.69) is 86.3 Å². The Balaban J connectivity index is 1.73. The van der Waals surface area contributed by atoms with Crippen LogP contribution in [0.3, 0.4) is 0 Å². The van der Waals surface area contributed by atoms with Crippen LogP contribution in [0.15, 0.2) is 60.7 Å². The second-order valence-electron chi connectivity index (χ2n) is 7.80. The van der Waals surface area contributed by atoms with Gasteiger partial charge in [0.15, 0.2) is 0 Å². The molecular weight excluding hydrogens is 344 g/mol. The van der Waals surface area contributed by atoms with Crippen molar-refractivity contribution in [1.29, 1.82) is 0 Å². The van der Waals surface area contributed by atoms with Crippen LogP contribution in [0.4, 0.5) is 0 Å². The van der Waals surface area contributed by atoms with Gasteiger partial charge in [0.1, 0.15) is 0 Å². The van der Waals surface area contributed by atoms with E-state index >= 15 is 0 Å². The van der Waals surface area contributed by atoms with Crippen molar-refractivity contribution < 1.29 is 0 Å². The van der Waals surface area contributed by atoms with Crippen LogP contribution in [0.1, 0.15) is 89.2 Å². The van der Waals surface area contributed by atoms with Gasteiger partial charge in [0.05, 0.1) is 4.75 Å². The molecule has 0 saturated heterocycles. The highest BCUT2D eigenvalue weighted by atomic mass is 32.2. The van der Waals surface area contributed by atoms with Gasteiger partial charge in [-0.15, -0.1) is 11.8 Å². The van der Waals surface area contributed by atoms with E-state index in [1.165, 1.54) is 81.1 Å². The molecule has 0 aliphatic rings. The maximum absolute atomic E-state index is 2.39. The summed E-state index contributed by atoms with van der Waals surface area (Å²) in [4.78, 5) is 0. The molecule has 0 N–H and O–H groups in total. The summed E-state index contributed by atoms with van der Waals surface area (Å²) < 4.78 is 0.0435. The van der Waals surface area contributed by atoms with Crippen molar-refractivity contribution in [2.45, 2.75) is 82.8 Å². The molecule has 1 heteroatoms. The van der Waals surface area contributed by atoms with Crippen LogP contribution >= 0.6 is 11.8 Å². The number of unbranched alkanes of at least 4 members (excludes halogenated alkanes) is 9. The minimum Gasteiger partial charge on any atom is -0.146 e. The molecule has 0 radical (unpaired) electrons. The molecule has 0 aliphatic heterocycles. The molecule has 0 heterocycles. The van der Waals surface area contributed by atoms with E-state index in [9.17, 15) is 0 Å². The fraction of sp³-hybridized carbons (Fsp3) is 0.538. The van der Waals surface area contributed by atoms with Gasteiger partial charge in [-0.25, -0.2) is 0 Å². The zero-order valence-electron chi connectivity index (χ0n) is 17.5. The van der Waals surface area contributed by atoms with Crippen molar-refractivity contribution >= 4 is 11.8 Å². The van der Waals surface area contributed by atoms with E-state index in [-0.39, 0.29) is 4.75 Å². The standard InChI is InChI=1S/C26H38S/c1-3-4-5-6-7-8-9-10-11-18-23-27-26(2,24-19-14-12-15-20-24)25-21-16-13-17-22-25/h12-17,19-22H,3-11,18,23H2,1-2H3. The molecule has 148 valence electrons. The molecule has 2 rings (SSSR count). The zero-order valence-corrected chi connectivity index (χ0v) is 18.3. The van der Waals surface area contributed by atoms with E-state index in [0.29, 0.717) is 0 Å². The van der Waals surface area contributed by atoms with Crippen LogP contribution in [0, 0.1) is 0 Å². The van der Waals surface area contributed by atoms with Crippen molar-refractivity contribution in [3.8, 4) is 0 Å². The van der Waals surface area contributed by atoms with Gasteiger partial charge in [-0.3, -0.25) is 0 Å². The highest BCUT2D eigenvalue weighted by Gasteiger charge is 2.28. The van der Waals surface area contributed by atoms with Crippen LogP contribution in [0.25, 0.3) is 0 Å². The Labute approximate surface area is 172 Å². The first-order valence-corrected chi connectivity index (χ1v) is 12.0. The van der Waals surface area contributed by atoms with Gasteiger partial charge in [0, 0.05) is 0 Å². The first-order chi connectivity index (χ1) is 13.3. The lowest BCUT2D eigenvalue weighted by molar-refractivity contribution is 0.563. The van der Waals surface area contributed by atoms with Crippen molar-refractivity contribution in [3.05, 3.63) is 71.8 Å². The van der Waals surface area contributed by atoms with E-state index in [4.69, 9.17) is 0 Å². The fourth-order valence-electron chi connectivity index (χ4n) is 3.71. The summed E-state index contributed by atoms with van der Waals surface area (Å²) >= 11 is 2.11. The Morgan fingerprint density at radius 3 is 1.44 bits per heavy atom. The highest BCUT2D eigenvalue weighted by Crippen LogP contribution is 2.42. The molecule has 27 heavy (non-hydrogen) atoms. The Morgan fingerprint density at radius 1 is 0.593 bits per heavy atom. The average molecular weight is 383 g/mol. The molecule has 0 fully saturated rings. The van der Waals surface area contributed by atoms with Crippen LogP contribution in [0.5, 0.6) is 0 Å². The van der Waals surface area contributed by atoms with Crippen LogP contribution in [-0.2, 0) is 4.75 Å². The molecular formula is C26H38S. The second kappa shape index (κ2) is 13.0. The SMILES string of the molecule is CCCCCCCCCCCCSC(C)(c1ccccc1)c1ccccc1. The van der Waals surface area contributed by atoms with E-state index in [1.54, 1.807) is 0 Å². The van der Waals surface area contributed by atoms with Gasteiger partial charge in [-0.2, -0.15) is 0 Å². The summed E-state index contributed by atoms with van der Waals surface area (Å²) in [5.41, 5.74) is 2.82. The predicted octanol–water partition coefficient (Wildman–Crippen LogP) is 8.60. The number of hydrogen-bond donors (Lipinski definition) is 0. The minimum absolute atomic E-state index is 0.0435. The third-order valence-electron chi connectivity index (χ3n) is 5.54. The molecule has 0 atom stereocenters. The number of rotatable bonds is 14. The second-order valence-corrected chi connectivity index (χ2v) is 9.31. The zero-order chi connectivity index (χ0) is 19.2. The first-order valence-electron chi connectivity index (χ1n) is 11.0. The van der Waals surface area contributed by atoms with Gasteiger partial charge in [-0.1, -0.05) is 125 Å². The molecule has 2 aromatic rings.